The van der Waals surface area contributed by atoms with Crippen LogP contribution >= 0.6 is 0 Å². The Kier molecular flexibility index (Phi) is 2.59. The number of aliphatic hydroxyl groups is 1. The number of furan rings is 1. The van der Waals surface area contributed by atoms with E-state index in [1.807, 2.05) is 30.3 Å². The third-order valence-corrected chi connectivity index (χ3v) is 3.78. The molecule has 2 atom stereocenters. The van der Waals surface area contributed by atoms with E-state index >= 15 is 0 Å². The Bertz CT molecular complexity index is 819. The smallest absolute Gasteiger partial charge is 0.199 e. The van der Waals surface area contributed by atoms with Crippen molar-refractivity contribution >= 4 is 16.8 Å². The van der Waals surface area contributed by atoms with Gasteiger partial charge in [0.1, 0.15) is 11.3 Å². The summed E-state index contributed by atoms with van der Waals surface area (Å²) in [5, 5.41) is 11.0. The normalized spacial score (nSPS) is 21.1. The van der Waals surface area contributed by atoms with Gasteiger partial charge < -0.3 is 14.3 Å². The summed E-state index contributed by atoms with van der Waals surface area (Å²) < 4.78 is 11.2. The maximum absolute atomic E-state index is 12.5. The van der Waals surface area contributed by atoms with Gasteiger partial charge in [-0.3, -0.25) is 4.79 Å². The molecule has 0 bridgehead atoms. The van der Waals surface area contributed by atoms with E-state index in [1.165, 1.54) is 6.26 Å². The molecule has 3 aromatic rings. The first-order valence-electron chi connectivity index (χ1n) is 6.70. The molecule has 4 rings (SSSR count). The Balaban J connectivity index is 1.87. The van der Waals surface area contributed by atoms with Gasteiger partial charge in [-0.25, -0.2) is 0 Å². The minimum atomic E-state index is -1.22. The number of Topliss-reactive ketones (excluding diaryl/α,β-unsaturated/α-hetero) is 1. The molecule has 104 valence electrons. The Morgan fingerprint density at radius 3 is 2.62 bits per heavy atom. The van der Waals surface area contributed by atoms with Gasteiger partial charge >= 0.3 is 0 Å². The summed E-state index contributed by atoms with van der Waals surface area (Å²) in [7, 11) is 0. The molecule has 0 fully saturated rings. The molecular weight excluding hydrogens is 268 g/mol. The first-order chi connectivity index (χ1) is 10.3. The van der Waals surface area contributed by atoms with Gasteiger partial charge in [-0.1, -0.05) is 30.3 Å². The van der Waals surface area contributed by atoms with Gasteiger partial charge in [-0.05, 0) is 23.8 Å². The molecule has 21 heavy (non-hydrogen) atoms. The molecule has 2 unspecified atom stereocenters. The topological polar surface area (TPSA) is 59.7 Å². The van der Waals surface area contributed by atoms with E-state index in [0.29, 0.717) is 22.3 Å². The lowest BCUT2D eigenvalue weighted by Crippen LogP contribution is -2.36. The van der Waals surface area contributed by atoms with Crippen molar-refractivity contribution in [2.45, 2.75) is 12.2 Å². The van der Waals surface area contributed by atoms with Crippen LogP contribution in [-0.4, -0.2) is 17.0 Å². The van der Waals surface area contributed by atoms with Crippen molar-refractivity contribution in [3.63, 3.8) is 0 Å². The maximum atomic E-state index is 12.5. The second-order valence-corrected chi connectivity index (χ2v) is 5.03. The van der Waals surface area contributed by atoms with E-state index in [1.54, 1.807) is 18.2 Å². The molecule has 0 amide bonds. The van der Waals surface area contributed by atoms with Crippen LogP contribution in [0.15, 0.2) is 59.2 Å². The first kappa shape index (κ1) is 12.2. The highest BCUT2D eigenvalue weighted by atomic mass is 16.5. The highest BCUT2D eigenvalue weighted by molar-refractivity contribution is 6.12. The third-order valence-electron chi connectivity index (χ3n) is 3.78. The van der Waals surface area contributed by atoms with Crippen molar-refractivity contribution < 1.29 is 19.1 Å². The molecule has 0 saturated carbocycles. The Hall–Kier alpha value is -2.59. The molecule has 4 heteroatoms. The van der Waals surface area contributed by atoms with E-state index in [2.05, 4.69) is 0 Å². The number of hydrogen-bond acceptors (Lipinski definition) is 4. The molecular formula is C17H12O4. The average Bonchev–Trinajstić information content (AvgIpc) is 2.99. The van der Waals surface area contributed by atoms with Gasteiger partial charge in [0, 0.05) is 5.39 Å². The molecule has 0 spiro atoms. The van der Waals surface area contributed by atoms with Crippen LogP contribution < -0.4 is 4.74 Å². The van der Waals surface area contributed by atoms with Crippen molar-refractivity contribution in [2.24, 2.45) is 0 Å². The number of ketones is 1. The lowest BCUT2D eigenvalue weighted by atomic mass is 9.92. The number of rotatable bonds is 1. The van der Waals surface area contributed by atoms with Gasteiger partial charge in [0.05, 0.1) is 11.8 Å². The van der Waals surface area contributed by atoms with Crippen LogP contribution in [0.5, 0.6) is 5.75 Å². The SMILES string of the molecule is O=C1c2c(ccc3occc23)OC(c2ccccc2)C1O. The molecule has 0 radical (unpaired) electrons. The number of hydrogen-bond donors (Lipinski definition) is 1. The molecule has 1 aliphatic rings. The molecule has 1 N–H and O–H groups in total. The number of carbonyl (C=O) groups is 1. The molecule has 1 aliphatic heterocycles. The van der Waals surface area contributed by atoms with Crippen LogP contribution in [0.2, 0.25) is 0 Å². The second kappa shape index (κ2) is 4.46. The zero-order valence-electron chi connectivity index (χ0n) is 11.0. The quantitative estimate of drug-likeness (QED) is 0.744. The zero-order valence-corrected chi connectivity index (χ0v) is 11.0. The van der Waals surface area contributed by atoms with Crippen LogP contribution in [0, 0.1) is 0 Å². The van der Waals surface area contributed by atoms with Crippen molar-refractivity contribution in [1.29, 1.82) is 0 Å². The van der Waals surface area contributed by atoms with Crippen molar-refractivity contribution in [1.82, 2.24) is 0 Å². The molecule has 2 heterocycles. The lowest BCUT2D eigenvalue weighted by molar-refractivity contribution is 0.0220. The summed E-state index contributed by atoms with van der Waals surface area (Å²) in [6.07, 6.45) is -0.385. The number of benzene rings is 2. The largest absolute Gasteiger partial charge is 0.482 e. The van der Waals surface area contributed by atoms with Crippen LogP contribution in [0.3, 0.4) is 0 Å². The highest BCUT2D eigenvalue weighted by Crippen LogP contribution is 2.39. The summed E-state index contributed by atoms with van der Waals surface area (Å²) in [6, 6.07) is 14.4. The molecule has 2 aromatic carbocycles. The summed E-state index contributed by atoms with van der Waals surface area (Å²) >= 11 is 0. The first-order valence-corrected chi connectivity index (χ1v) is 6.70. The lowest BCUT2D eigenvalue weighted by Gasteiger charge is -2.30. The minimum Gasteiger partial charge on any atom is -0.482 e. The maximum Gasteiger partial charge on any atom is 0.199 e. The number of aliphatic hydroxyl groups excluding tert-OH is 1. The van der Waals surface area contributed by atoms with Crippen molar-refractivity contribution in [3.05, 3.63) is 65.9 Å². The minimum absolute atomic E-state index is 0.336. The fraction of sp³-hybridized carbons (Fsp3) is 0.118. The number of carbonyl (C=O) groups excluding carboxylic acids is 1. The van der Waals surface area contributed by atoms with Crippen LogP contribution in [0.25, 0.3) is 11.0 Å². The molecule has 4 nitrogen and oxygen atoms in total. The Morgan fingerprint density at radius 2 is 1.81 bits per heavy atom. The second-order valence-electron chi connectivity index (χ2n) is 5.03. The van der Waals surface area contributed by atoms with E-state index in [-0.39, 0.29) is 5.78 Å². The van der Waals surface area contributed by atoms with E-state index < -0.39 is 12.2 Å². The fourth-order valence-electron chi connectivity index (χ4n) is 2.76. The number of ether oxygens (including phenoxy) is 1. The Morgan fingerprint density at radius 1 is 1.00 bits per heavy atom. The van der Waals surface area contributed by atoms with Gasteiger partial charge in [0.15, 0.2) is 18.0 Å². The number of fused-ring (bicyclic) bond motifs is 3. The summed E-state index contributed by atoms with van der Waals surface area (Å²) in [6.45, 7) is 0. The highest BCUT2D eigenvalue weighted by Gasteiger charge is 2.38. The predicted octanol–water partition coefficient (Wildman–Crippen LogP) is 3.11. The van der Waals surface area contributed by atoms with Crippen LogP contribution in [0.4, 0.5) is 0 Å². The molecule has 0 saturated heterocycles. The predicted molar refractivity (Wildman–Crippen MR) is 76.4 cm³/mol. The van der Waals surface area contributed by atoms with Crippen LogP contribution in [-0.2, 0) is 0 Å². The zero-order chi connectivity index (χ0) is 14.4. The summed E-state index contributed by atoms with van der Waals surface area (Å²) in [5.41, 5.74) is 1.77. The summed E-state index contributed by atoms with van der Waals surface area (Å²) in [4.78, 5) is 12.5. The van der Waals surface area contributed by atoms with Crippen LogP contribution in [0.1, 0.15) is 22.0 Å². The monoisotopic (exact) mass is 280 g/mol. The Labute approximate surface area is 120 Å². The van der Waals surface area contributed by atoms with Crippen molar-refractivity contribution in [3.8, 4) is 5.75 Å². The van der Waals surface area contributed by atoms with Gasteiger partial charge in [-0.2, -0.15) is 0 Å². The van der Waals surface area contributed by atoms with E-state index in [4.69, 9.17) is 9.15 Å². The summed E-state index contributed by atoms with van der Waals surface area (Å²) in [5.74, 6) is 0.144. The van der Waals surface area contributed by atoms with E-state index in [0.717, 1.165) is 5.56 Å². The van der Waals surface area contributed by atoms with Gasteiger partial charge in [0.25, 0.3) is 0 Å². The molecule has 1 aromatic heterocycles. The fourth-order valence-corrected chi connectivity index (χ4v) is 2.76. The van der Waals surface area contributed by atoms with Gasteiger partial charge in [0.2, 0.25) is 0 Å². The standard InChI is InChI=1S/C17H12O4/c18-15-14-11-8-9-20-12(11)6-7-13(14)21-17(16(15)19)10-4-2-1-3-5-10/h1-9,16-17,19H. The molecule has 0 aliphatic carbocycles. The third kappa shape index (κ3) is 1.76. The van der Waals surface area contributed by atoms with E-state index in [9.17, 15) is 9.90 Å². The van der Waals surface area contributed by atoms with Gasteiger partial charge in [-0.15, -0.1) is 0 Å². The average molecular weight is 280 g/mol. The van der Waals surface area contributed by atoms with Crippen molar-refractivity contribution in [2.75, 3.05) is 0 Å².